The molecule has 2 N–H and O–H groups in total. The first kappa shape index (κ1) is 11.5. The molecule has 0 aromatic heterocycles. The monoisotopic (exact) mass is 252 g/mol. The highest BCUT2D eigenvalue weighted by Crippen LogP contribution is 2.30. The van der Waals surface area contributed by atoms with Crippen molar-refractivity contribution in [1.82, 2.24) is 0 Å². The quantitative estimate of drug-likeness (QED) is 0.767. The molecule has 0 fully saturated rings. The van der Waals surface area contributed by atoms with Crippen LogP contribution in [0.25, 0.3) is 6.08 Å². The Morgan fingerprint density at radius 2 is 1.79 bits per heavy atom. The molecular weight excluding hydrogens is 240 g/mol. The number of phenols is 2. The summed E-state index contributed by atoms with van der Waals surface area (Å²) in [6, 6.07) is 11.6. The number of Topliss-reactive ketones (excluding diaryl/α,β-unsaturated/α-hetero) is 1. The van der Waals surface area contributed by atoms with Gasteiger partial charge in [-0.05, 0) is 41.5 Å². The molecule has 1 aliphatic rings. The van der Waals surface area contributed by atoms with Crippen molar-refractivity contribution in [3.63, 3.8) is 0 Å². The van der Waals surface area contributed by atoms with Crippen LogP contribution in [0.5, 0.6) is 11.5 Å². The van der Waals surface area contributed by atoms with E-state index in [1.54, 1.807) is 36.4 Å². The van der Waals surface area contributed by atoms with Crippen LogP contribution in [0.2, 0.25) is 0 Å². The Labute approximate surface area is 110 Å². The highest BCUT2D eigenvalue weighted by molar-refractivity contribution is 6.15. The molecule has 2 aromatic rings. The Balaban J connectivity index is 2.00. The van der Waals surface area contributed by atoms with Gasteiger partial charge in [-0.3, -0.25) is 4.79 Å². The predicted octanol–water partition coefficient (Wildman–Crippen LogP) is 2.92. The smallest absolute Gasteiger partial charge is 0.189 e. The average Bonchev–Trinajstić information content (AvgIpc) is 2.67. The summed E-state index contributed by atoms with van der Waals surface area (Å²) in [6.45, 7) is 0. The number of fused-ring (bicyclic) bond motifs is 1. The maximum absolute atomic E-state index is 12.2. The number of ketones is 1. The largest absolute Gasteiger partial charge is 0.508 e. The van der Waals surface area contributed by atoms with Crippen molar-refractivity contribution < 1.29 is 15.0 Å². The number of aromatic hydroxyl groups is 2. The van der Waals surface area contributed by atoms with Crippen LogP contribution in [0.4, 0.5) is 0 Å². The number of carbonyl (C=O) groups is 1. The van der Waals surface area contributed by atoms with E-state index in [4.69, 9.17) is 0 Å². The van der Waals surface area contributed by atoms with Crippen LogP contribution < -0.4 is 0 Å². The second kappa shape index (κ2) is 4.28. The highest BCUT2D eigenvalue weighted by Gasteiger charge is 2.24. The van der Waals surface area contributed by atoms with E-state index in [1.165, 1.54) is 6.07 Å². The minimum absolute atomic E-state index is 0.0609. The van der Waals surface area contributed by atoms with Crippen molar-refractivity contribution in [2.24, 2.45) is 0 Å². The fourth-order valence-corrected chi connectivity index (χ4v) is 2.32. The van der Waals surface area contributed by atoms with Crippen molar-refractivity contribution in [2.45, 2.75) is 6.42 Å². The van der Waals surface area contributed by atoms with Gasteiger partial charge in [0.1, 0.15) is 11.5 Å². The van der Waals surface area contributed by atoms with E-state index in [1.807, 2.05) is 6.07 Å². The number of benzene rings is 2. The molecule has 2 aromatic carbocycles. The molecule has 0 radical (unpaired) electrons. The van der Waals surface area contributed by atoms with E-state index < -0.39 is 0 Å². The van der Waals surface area contributed by atoms with Gasteiger partial charge >= 0.3 is 0 Å². The van der Waals surface area contributed by atoms with E-state index >= 15 is 0 Å². The summed E-state index contributed by atoms with van der Waals surface area (Å²) >= 11 is 0. The van der Waals surface area contributed by atoms with Crippen LogP contribution in [0.1, 0.15) is 21.5 Å². The topological polar surface area (TPSA) is 57.5 Å². The van der Waals surface area contributed by atoms with Crippen LogP contribution in [-0.4, -0.2) is 16.0 Å². The lowest BCUT2D eigenvalue weighted by molar-refractivity contribution is 0.104. The lowest BCUT2D eigenvalue weighted by atomic mass is 10.1. The average molecular weight is 252 g/mol. The Hall–Kier alpha value is -2.55. The molecule has 19 heavy (non-hydrogen) atoms. The number of carbonyl (C=O) groups excluding carboxylic acids is 1. The van der Waals surface area contributed by atoms with E-state index in [2.05, 4.69) is 0 Å². The minimum Gasteiger partial charge on any atom is -0.508 e. The number of rotatable bonds is 1. The molecule has 0 spiro atoms. The lowest BCUT2D eigenvalue weighted by Crippen LogP contribution is -1.95. The number of hydrogen-bond donors (Lipinski definition) is 2. The zero-order chi connectivity index (χ0) is 13.4. The van der Waals surface area contributed by atoms with Gasteiger partial charge in [-0.2, -0.15) is 0 Å². The van der Waals surface area contributed by atoms with Crippen LogP contribution in [0.3, 0.4) is 0 Å². The van der Waals surface area contributed by atoms with Crippen molar-refractivity contribution >= 4 is 11.9 Å². The molecule has 3 heteroatoms. The first-order valence-electron chi connectivity index (χ1n) is 6.00. The number of allylic oxidation sites excluding steroid dienone is 1. The molecule has 0 amide bonds. The molecule has 0 unspecified atom stereocenters. The highest BCUT2D eigenvalue weighted by atomic mass is 16.3. The molecule has 94 valence electrons. The minimum atomic E-state index is -0.0609. The third kappa shape index (κ3) is 2.10. The lowest BCUT2D eigenvalue weighted by Gasteiger charge is -1.97. The second-order valence-electron chi connectivity index (χ2n) is 4.61. The molecule has 1 aliphatic carbocycles. The fraction of sp³-hybridized carbons (Fsp3) is 0.0625. The van der Waals surface area contributed by atoms with E-state index in [0.717, 1.165) is 11.1 Å². The fourth-order valence-electron chi connectivity index (χ4n) is 2.32. The summed E-state index contributed by atoms with van der Waals surface area (Å²) in [5.41, 5.74) is 2.95. The summed E-state index contributed by atoms with van der Waals surface area (Å²) < 4.78 is 0. The normalized spacial score (nSPS) is 15.8. The van der Waals surface area contributed by atoms with Gasteiger partial charge in [-0.25, -0.2) is 0 Å². The molecule has 0 heterocycles. The van der Waals surface area contributed by atoms with Crippen molar-refractivity contribution in [2.75, 3.05) is 0 Å². The predicted molar refractivity (Wildman–Crippen MR) is 72.2 cm³/mol. The Morgan fingerprint density at radius 3 is 2.58 bits per heavy atom. The van der Waals surface area contributed by atoms with Gasteiger partial charge in [0.2, 0.25) is 0 Å². The first-order valence-corrected chi connectivity index (χ1v) is 6.00. The Bertz CT molecular complexity index is 699. The summed E-state index contributed by atoms with van der Waals surface area (Å²) in [7, 11) is 0. The van der Waals surface area contributed by atoms with Crippen molar-refractivity contribution in [3.05, 3.63) is 64.7 Å². The number of hydrogen-bond acceptors (Lipinski definition) is 3. The SMILES string of the molecule is O=C1/C(=C/c2cccc(O)c2)Cc2ccc(O)cc21. The number of phenolic OH excluding ortho intramolecular Hbond substituents is 2. The molecular formula is C16H12O3. The van der Waals surface area contributed by atoms with Gasteiger partial charge in [-0.1, -0.05) is 18.2 Å². The van der Waals surface area contributed by atoms with Crippen LogP contribution in [0, 0.1) is 0 Å². The standard InChI is InChI=1S/C16H12O3/c17-13-3-1-2-10(7-13)6-12-8-11-4-5-14(18)9-15(11)16(12)19/h1-7,9,17-18H,8H2/b12-6+. The van der Waals surface area contributed by atoms with Crippen LogP contribution >= 0.6 is 0 Å². The Kier molecular flexibility index (Phi) is 2.60. The maximum atomic E-state index is 12.2. The third-order valence-corrected chi connectivity index (χ3v) is 3.22. The zero-order valence-corrected chi connectivity index (χ0v) is 10.1. The summed E-state index contributed by atoms with van der Waals surface area (Å²) in [6.07, 6.45) is 2.34. The van der Waals surface area contributed by atoms with E-state index in [-0.39, 0.29) is 17.3 Å². The maximum Gasteiger partial charge on any atom is 0.189 e. The van der Waals surface area contributed by atoms with Gasteiger partial charge in [0.05, 0.1) is 0 Å². The Morgan fingerprint density at radius 1 is 1.00 bits per heavy atom. The van der Waals surface area contributed by atoms with E-state index in [9.17, 15) is 15.0 Å². The molecule has 0 saturated heterocycles. The van der Waals surface area contributed by atoms with Gasteiger partial charge in [0, 0.05) is 17.6 Å². The van der Waals surface area contributed by atoms with Gasteiger partial charge < -0.3 is 10.2 Å². The molecule has 3 nitrogen and oxygen atoms in total. The molecule has 3 rings (SSSR count). The third-order valence-electron chi connectivity index (χ3n) is 3.22. The summed E-state index contributed by atoms with van der Waals surface area (Å²) in [4.78, 5) is 12.2. The summed E-state index contributed by atoms with van der Waals surface area (Å²) in [5.74, 6) is 0.218. The molecule has 0 aliphatic heterocycles. The molecule has 0 saturated carbocycles. The van der Waals surface area contributed by atoms with Gasteiger partial charge in [0.15, 0.2) is 5.78 Å². The van der Waals surface area contributed by atoms with Gasteiger partial charge in [-0.15, -0.1) is 0 Å². The molecule has 0 bridgehead atoms. The van der Waals surface area contributed by atoms with Crippen molar-refractivity contribution in [3.8, 4) is 11.5 Å². The molecule has 0 atom stereocenters. The van der Waals surface area contributed by atoms with Crippen LogP contribution in [-0.2, 0) is 6.42 Å². The van der Waals surface area contributed by atoms with Crippen LogP contribution in [0.15, 0.2) is 48.0 Å². The van der Waals surface area contributed by atoms with E-state index in [0.29, 0.717) is 17.6 Å². The van der Waals surface area contributed by atoms with Crippen molar-refractivity contribution in [1.29, 1.82) is 0 Å². The summed E-state index contributed by atoms with van der Waals surface area (Å²) in [5, 5.41) is 18.8. The van der Waals surface area contributed by atoms with Gasteiger partial charge in [0.25, 0.3) is 0 Å². The first-order chi connectivity index (χ1) is 9.13. The second-order valence-corrected chi connectivity index (χ2v) is 4.61. The zero-order valence-electron chi connectivity index (χ0n) is 10.1.